The number of halogens is 1. The van der Waals surface area contributed by atoms with Crippen molar-refractivity contribution in [1.29, 1.82) is 0 Å². The number of thiocarbonyl (C=S) groups is 1. The Labute approximate surface area is 187 Å². The summed E-state index contributed by atoms with van der Waals surface area (Å²) < 4.78 is 17.2. The Hall–Kier alpha value is -2.82. The third-order valence-electron chi connectivity index (χ3n) is 5.40. The number of piperazine rings is 1. The lowest BCUT2D eigenvalue weighted by Crippen LogP contribution is -2.44. The van der Waals surface area contributed by atoms with Crippen molar-refractivity contribution in [2.45, 2.75) is 0 Å². The van der Waals surface area contributed by atoms with E-state index in [1.54, 1.807) is 41.2 Å². The Kier molecular flexibility index (Phi) is 5.20. The van der Waals surface area contributed by atoms with Crippen LogP contribution in [0.15, 0.2) is 41.6 Å². The van der Waals surface area contributed by atoms with Crippen LogP contribution in [0.5, 0.6) is 0 Å². The molecule has 2 fully saturated rings. The first-order valence-corrected chi connectivity index (χ1v) is 11.0. The van der Waals surface area contributed by atoms with Gasteiger partial charge in [-0.3, -0.25) is 9.36 Å². The molecule has 1 amide bonds. The molecule has 2 aliphatic rings. The van der Waals surface area contributed by atoms with Gasteiger partial charge in [-0.1, -0.05) is 24.0 Å². The van der Waals surface area contributed by atoms with Gasteiger partial charge in [0, 0.05) is 31.9 Å². The fourth-order valence-electron chi connectivity index (χ4n) is 3.67. The summed E-state index contributed by atoms with van der Waals surface area (Å²) in [5, 5.41) is 2.58. The van der Waals surface area contributed by atoms with E-state index in [1.807, 2.05) is 6.07 Å². The summed E-state index contributed by atoms with van der Waals surface area (Å²) in [6, 6.07) is 8.84. The summed E-state index contributed by atoms with van der Waals surface area (Å²) in [5.41, 5.74) is 2.99. The number of anilines is 1. The van der Waals surface area contributed by atoms with Crippen molar-refractivity contribution in [3.63, 3.8) is 0 Å². The molecular formula is C21H19FN6OS2. The number of carbonyl (C=O) groups is 1. The SMILES string of the molecule is CN1CCN(c2ccc(-n3cnc4ccc(/C=C5\SC(=S)NC5=O)nc43)c(F)c2)CC1. The highest BCUT2D eigenvalue weighted by Gasteiger charge is 2.22. The van der Waals surface area contributed by atoms with Crippen LogP contribution < -0.4 is 10.2 Å². The molecule has 2 aromatic heterocycles. The zero-order valence-corrected chi connectivity index (χ0v) is 18.3. The predicted molar refractivity (Wildman–Crippen MR) is 125 cm³/mol. The van der Waals surface area contributed by atoms with Gasteiger partial charge < -0.3 is 15.1 Å². The standard InChI is InChI=1S/C21H19FN6OS2/c1-26-6-8-27(9-7-26)14-3-5-17(15(22)11-14)28-12-23-16-4-2-13(24-19(16)28)10-18-20(29)25-21(30)31-18/h2-5,10-12H,6-9H2,1H3,(H,25,29,30)/b18-10-. The Morgan fingerprint density at radius 1 is 1.19 bits per heavy atom. The minimum Gasteiger partial charge on any atom is -0.369 e. The maximum atomic E-state index is 15.1. The molecule has 2 saturated heterocycles. The number of nitrogens with zero attached hydrogens (tertiary/aromatic N) is 5. The topological polar surface area (TPSA) is 66.3 Å². The van der Waals surface area contributed by atoms with E-state index in [4.69, 9.17) is 12.2 Å². The van der Waals surface area contributed by atoms with Gasteiger partial charge in [-0.05, 0) is 43.5 Å². The van der Waals surface area contributed by atoms with Crippen molar-refractivity contribution in [2.75, 3.05) is 38.1 Å². The first-order chi connectivity index (χ1) is 15.0. The summed E-state index contributed by atoms with van der Waals surface area (Å²) in [6.45, 7) is 3.66. The van der Waals surface area contributed by atoms with Crippen molar-refractivity contribution < 1.29 is 9.18 Å². The second-order valence-electron chi connectivity index (χ2n) is 7.47. The average molecular weight is 455 g/mol. The largest absolute Gasteiger partial charge is 0.369 e. The summed E-state index contributed by atoms with van der Waals surface area (Å²) >= 11 is 6.22. The second kappa shape index (κ2) is 8.03. The Balaban J connectivity index is 1.48. The van der Waals surface area contributed by atoms with Crippen molar-refractivity contribution in [3.05, 3.63) is 53.1 Å². The van der Waals surface area contributed by atoms with Crippen LogP contribution in [0.3, 0.4) is 0 Å². The molecule has 158 valence electrons. The van der Waals surface area contributed by atoms with E-state index < -0.39 is 0 Å². The third kappa shape index (κ3) is 3.93. The molecule has 5 rings (SSSR count). The van der Waals surface area contributed by atoms with Gasteiger partial charge in [-0.15, -0.1) is 0 Å². The molecule has 0 bridgehead atoms. The van der Waals surface area contributed by atoms with Crippen LogP contribution in [0.4, 0.5) is 10.1 Å². The molecule has 1 aromatic carbocycles. The molecule has 2 aliphatic heterocycles. The molecule has 0 spiro atoms. The van der Waals surface area contributed by atoms with Crippen molar-refractivity contribution >= 4 is 57.1 Å². The van der Waals surface area contributed by atoms with Gasteiger partial charge in [-0.25, -0.2) is 14.4 Å². The molecule has 0 unspecified atom stereocenters. The Morgan fingerprint density at radius 2 is 2.00 bits per heavy atom. The van der Waals surface area contributed by atoms with Crippen LogP contribution in [0.1, 0.15) is 5.69 Å². The highest BCUT2D eigenvalue weighted by molar-refractivity contribution is 8.26. The maximum absolute atomic E-state index is 15.1. The van der Waals surface area contributed by atoms with Gasteiger partial charge in [0.2, 0.25) is 0 Å². The highest BCUT2D eigenvalue weighted by Crippen LogP contribution is 2.27. The number of carbonyl (C=O) groups excluding carboxylic acids is 1. The monoisotopic (exact) mass is 454 g/mol. The summed E-state index contributed by atoms with van der Waals surface area (Å²) in [6.07, 6.45) is 3.23. The van der Waals surface area contributed by atoms with Gasteiger partial charge in [0.15, 0.2) is 5.65 Å². The second-order valence-corrected chi connectivity index (χ2v) is 9.19. The number of amides is 1. The van der Waals surface area contributed by atoms with E-state index in [0.29, 0.717) is 31.8 Å². The van der Waals surface area contributed by atoms with E-state index in [-0.39, 0.29) is 11.7 Å². The number of thioether (sulfide) groups is 1. The van der Waals surface area contributed by atoms with Gasteiger partial charge in [0.25, 0.3) is 5.91 Å². The quantitative estimate of drug-likeness (QED) is 0.482. The smallest absolute Gasteiger partial charge is 0.263 e. The summed E-state index contributed by atoms with van der Waals surface area (Å²) in [4.78, 5) is 25.8. The summed E-state index contributed by atoms with van der Waals surface area (Å²) in [5.74, 6) is -0.576. The number of benzene rings is 1. The van der Waals surface area contributed by atoms with E-state index >= 15 is 4.39 Å². The van der Waals surface area contributed by atoms with Crippen LogP contribution >= 0.6 is 24.0 Å². The minimum absolute atomic E-state index is 0.240. The number of nitrogens with one attached hydrogen (secondary N) is 1. The zero-order chi connectivity index (χ0) is 21.5. The van der Waals surface area contributed by atoms with E-state index in [1.165, 1.54) is 11.8 Å². The van der Waals surface area contributed by atoms with Crippen LogP contribution in [0, 0.1) is 5.82 Å². The number of fused-ring (bicyclic) bond motifs is 1. The molecular weight excluding hydrogens is 435 g/mol. The number of hydrogen-bond donors (Lipinski definition) is 1. The van der Waals surface area contributed by atoms with Crippen LogP contribution in [0.25, 0.3) is 22.9 Å². The van der Waals surface area contributed by atoms with Gasteiger partial charge >= 0.3 is 0 Å². The number of rotatable bonds is 3. The minimum atomic E-state index is -0.336. The lowest BCUT2D eigenvalue weighted by molar-refractivity contribution is -0.115. The number of hydrogen-bond acceptors (Lipinski definition) is 7. The van der Waals surface area contributed by atoms with Gasteiger partial charge in [-0.2, -0.15) is 0 Å². The molecule has 0 atom stereocenters. The van der Waals surface area contributed by atoms with Crippen molar-refractivity contribution in [1.82, 2.24) is 24.8 Å². The maximum Gasteiger partial charge on any atom is 0.263 e. The fraction of sp³-hybridized carbons (Fsp3) is 0.238. The number of pyridine rings is 1. The molecule has 7 nitrogen and oxygen atoms in total. The van der Waals surface area contributed by atoms with E-state index in [2.05, 4.69) is 32.1 Å². The third-order valence-corrected chi connectivity index (χ3v) is 6.56. The Bertz CT molecular complexity index is 1230. The number of likely N-dealkylation sites (N-methyl/N-ethyl adjacent to an activating group) is 1. The van der Waals surface area contributed by atoms with E-state index in [0.717, 1.165) is 31.9 Å². The molecule has 0 radical (unpaired) electrons. The lowest BCUT2D eigenvalue weighted by atomic mass is 10.2. The van der Waals surface area contributed by atoms with Gasteiger partial charge in [0.1, 0.15) is 22.0 Å². The van der Waals surface area contributed by atoms with Crippen molar-refractivity contribution in [3.8, 4) is 5.69 Å². The average Bonchev–Trinajstić information content (AvgIpc) is 3.30. The molecule has 0 saturated carbocycles. The fourth-order valence-corrected chi connectivity index (χ4v) is 4.70. The van der Waals surface area contributed by atoms with Crippen LogP contribution in [-0.4, -0.2) is 62.9 Å². The molecule has 1 N–H and O–H groups in total. The molecule has 0 aliphatic carbocycles. The molecule has 31 heavy (non-hydrogen) atoms. The number of imidazole rings is 1. The highest BCUT2D eigenvalue weighted by atomic mass is 32.2. The first kappa shape index (κ1) is 20.1. The van der Waals surface area contributed by atoms with Crippen LogP contribution in [-0.2, 0) is 4.79 Å². The van der Waals surface area contributed by atoms with E-state index in [9.17, 15) is 4.79 Å². The lowest BCUT2D eigenvalue weighted by Gasteiger charge is -2.34. The number of aromatic nitrogens is 3. The molecule has 3 aromatic rings. The van der Waals surface area contributed by atoms with Crippen molar-refractivity contribution in [2.24, 2.45) is 0 Å². The first-order valence-electron chi connectivity index (χ1n) is 9.80. The normalized spacial score (nSPS) is 18.9. The van der Waals surface area contributed by atoms with Gasteiger partial charge in [0.05, 0.1) is 16.3 Å². The predicted octanol–water partition coefficient (Wildman–Crippen LogP) is 2.80. The summed E-state index contributed by atoms with van der Waals surface area (Å²) in [7, 11) is 2.09. The van der Waals surface area contributed by atoms with Crippen LogP contribution in [0.2, 0.25) is 0 Å². The molecule has 4 heterocycles. The zero-order valence-electron chi connectivity index (χ0n) is 16.7. The molecule has 10 heteroatoms. The Morgan fingerprint density at radius 3 is 2.71 bits per heavy atom.